The molecule has 0 spiro atoms. The predicted octanol–water partition coefficient (Wildman–Crippen LogP) is 2.27. The maximum absolute atomic E-state index is 12.9. The Morgan fingerprint density at radius 3 is 2.48 bits per heavy atom. The highest BCUT2D eigenvalue weighted by atomic mass is 32.2. The molecular formula is C18H25N5O4S2. The van der Waals surface area contributed by atoms with Gasteiger partial charge in [0.1, 0.15) is 0 Å². The molecule has 9 nitrogen and oxygen atoms in total. The number of rotatable bonds is 4. The fourth-order valence-corrected chi connectivity index (χ4v) is 5.79. The van der Waals surface area contributed by atoms with Crippen LogP contribution in [0.4, 0.5) is 15.6 Å². The van der Waals surface area contributed by atoms with Crippen molar-refractivity contribution in [2.24, 2.45) is 0 Å². The van der Waals surface area contributed by atoms with Crippen molar-refractivity contribution in [3.63, 3.8) is 0 Å². The number of carboxylic acid groups (broad SMARTS) is 1. The number of nitrogens with one attached hydrogen (secondary N) is 1. The normalized spacial score (nSPS) is 15.6. The Balaban J connectivity index is 1.90. The molecule has 0 radical (unpaired) electrons. The summed E-state index contributed by atoms with van der Waals surface area (Å²) in [5.41, 5.74) is 6.11. The number of nitrogens with two attached hydrogens (primary N) is 1. The lowest BCUT2D eigenvalue weighted by molar-refractivity contribution is 0.142. The van der Waals surface area contributed by atoms with Crippen LogP contribution in [0.25, 0.3) is 10.4 Å². The Hall–Kier alpha value is -2.37. The molecule has 0 atom stereocenters. The number of thiazole rings is 1. The van der Waals surface area contributed by atoms with E-state index in [-0.39, 0.29) is 4.90 Å². The molecule has 11 heteroatoms. The van der Waals surface area contributed by atoms with E-state index in [4.69, 9.17) is 10.8 Å². The predicted molar refractivity (Wildman–Crippen MR) is 114 cm³/mol. The summed E-state index contributed by atoms with van der Waals surface area (Å²) in [6.45, 7) is 7.21. The van der Waals surface area contributed by atoms with Crippen molar-refractivity contribution >= 4 is 38.3 Å². The van der Waals surface area contributed by atoms with Gasteiger partial charge in [-0.3, -0.25) is 0 Å². The summed E-state index contributed by atoms with van der Waals surface area (Å²) in [4.78, 5) is 19.7. The molecule has 1 fully saturated rings. The lowest BCUT2D eigenvalue weighted by atomic mass is 10.1. The number of hydrogen-bond acceptors (Lipinski definition) is 7. The first kappa shape index (κ1) is 21.3. The van der Waals surface area contributed by atoms with E-state index in [1.807, 2.05) is 4.90 Å². The lowest BCUT2D eigenvalue weighted by Crippen LogP contribution is -2.48. The maximum Gasteiger partial charge on any atom is 0.407 e. The number of piperazine rings is 1. The van der Waals surface area contributed by atoms with Crippen molar-refractivity contribution in [3.05, 3.63) is 24.4 Å². The zero-order chi connectivity index (χ0) is 21.4. The van der Waals surface area contributed by atoms with E-state index in [9.17, 15) is 13.2 Å². The molecule has 1 aromatic heterocycles. The Morgan fingerprint density at radius 2 is 1.90 bits per heavy atom. The molecule has 2 aromatic rings. The smallest absolute Gasteiger partial charge is 0.407 e. The van der Waals surface area contributed by atoms with Gasteiger partial charge in [0.2, 0.25) is 10.0 Å². The number of anilines is 2. The highest BCUT2D eigenvalue weighted by Gasteiger charge is 2.27. The van der Waals surface area contributed by atoms with Gasteiger partial charge in [0.05, 0.1) is 9.77 Å². The quantitative estimate of drug-likeness (QED) is 0.623. The van der Waals surface area contributed by atoms with Crippen molar-refractivity contribution in [2.45, 2.75) is 31.2 Å². The first-order valence-electron chi connectivity index (χ1n) is 9.09. The van der Waals surface area contributed by atoms with Crippen molar-refractivity contribution in [1.82, 2.24) is 14.6 Å². The van der Waals surface area contributed by atoms with E-state index >= 15 is 0 Å². The zero-order valence-electron chi connectivity index (χ0n) is 16.5. The van der Waals surface area contributed by atoms with Gasteiger partial charge in [-0.25, -0.2) is 22.9 Å². The van der Waals surface area contributed by atoms with Gasteiger partial charge in [-0.2, -0.15) is 0 Å². The third-order valence-corrected chi connectivity index (χ3v) is 7.20. The van der Waals surface area contributed by atoms with E-state index in [2.05, 4.69) is 9.71 Å². The molecule has 29 heavy (non-hydrogen) atoms. The lowest BCUT2D eigenvalue weighted by Gasteiger charge is -2.32. The van der Waals surface area contributed by atoms with Crippen LogP contribution in [0.1, 0.15) is 20.8 Å². The SMILES string of the molecule is CC(C)(C)NS(=O)(=O)c1cc(N)ccc1-c1cnc(N2CCN(C(=O)O)CC2)s1. The van der Waals surface area contributed by atoms with Gasteiger partial charge in [0.25, 0.3) is 0 Å². The van der Waals surface area contributed by atoms with Crippen molar-refractivity contribution in [1.29, 1.82) is 0 Å². The monoisotopic (exact) mass is 439 g/mol. The second kappa shape index (κ2) is 7.81. The second-order valence-electron chi connectivity index (χ2n) is 7.87. The molecule has 3 rings (SSSR count). The summed E-state index contributed by atoms with van der Waals surface area (Å²) in [5.74, 6) is 0. The van der Waals surface area contributed by atoms with Gasteiger partial charge in [-0.1, -0.05) is 17.4 Å². The first-order chi connectivity index (χ1) is 13.5. The average Bonchev–Trinajstić information content (AvgIpc) is 3.09. The largest absolute Gasteiger partial charge is 0.465 e. The fraction of sp³-hybridized carbons (Fsp3) is 0.444. The Kier molecular flexibility index (Phi) is 5.74. The number of aromatic nitrogens is 1. The molecule has 0 aliphatic carbocycles. The van der Waals surface area contributed by atoms with Crippen LogP contribution < -0.4 is 15.4 Å². The molecule has 0 unspecified atom stereocenters. The summed E-state index contributed by atoms with van der Waals surface area (Å²) < 4.78 is 28.6. The number of amides is 1. The van der Waals surface area contributed by atoms with Crippen LogP contribution in [-0.2, 0) is 10.0 Å². The first-order valence-corrected chi connectivity index (χ1v) is 11.4. The van der Waals surface area contributed by atoms with Crippen LogP contribution >= 0.6 is 11.3 Å². The number of hydrogen-bond donors (Lipinski definition) is 3. The van der Waals surface area contributed by atoms with Gasteiger partial charge < -0.3 is 20.6 Å². The van der Waals surface area contributed by atoms with Crippen LogP contribution in [0.5, 0.6) is 0 Å². The molecule has 2 heterocycles. The third kappa shape index (κ3) is 4.98. The molecule has 4 N–H and O–H groups in total. The Labute approximate surface area is 174 Å². The summed E-state index contributed by atoms with van der Waals surface area (Å²) >= 11 is 1.37. The van der Waals surface area contributed by atoms with Gasteiger partial charge in [-0.15, -0.1) is 0 Å². The van der Waals surface area contributed by atoms with Crippen molar-refractivity contribution < 1.29 is 18.3 Å². The minimum atomic E-state index is -3.79. The van der Waals surface area contributed by atoms with E-state index < -0.39 is 21.7 Å². The minimum absolute atomic E-state index is 0.110. The highest BCUT2D eigenvalue weighted by molar-refractivity contribution is 7.89. The van der Waals surface area contributed by atoms with E-state index in [1.165, 1.54) is 22.3 Å². The Bertz CT molecular complexity index is 1010. The second-order valence-corrected chi connectivity index (χ2v) is 10.5. The molecule has 1 aliphatic heterocycles. The van der Waals surface area contributed by atoms with E-state index in [0.29, 0.717) is 42.3 Å². The fourth-order valence-electron chi connectivity index (χ4n) is 3.05. The number of benzene rings is 1. The summed E-state index contributed by atoms with van der Waals surface area (Å²) in [6, 6.07) is 4.80. The van der Waals surface area contributed by atoms with E-state index in [1.54, 1.807) is 39.1 Å². The van der Waals surface area contributed by atoms with Gasteiger partial charge in [-0.05, 0) is 32.9 Å². The molecule has 1 aliphatic rings. The number of nitrogen functional groups attached to an aromatic ring is 1. The topological polar surface area (TPSA) is 129 Å². The Morgan fingerprint density at radius 1 is 1.24 bits per heavy atom. The highest BCUT2D eigenvalue weighted by Crippen LogP contribution is 2.36. The molecule has 0 saturated carbocycles. The zero-order valence-corrected chi connectivity index (χ0v) is 18.2. The standard InChI is InChI=1S/C18H25N5O4S2/c1-18(2,3)21-29(26,27)15-10-12(19)4-5-13(15)14-11-20-16(28-14)22-6-8-23(9-7-22)17(24)25/h4-5,10-11,21H,6-9,19H2,1-3H3,(H,24,25). The van der Waals surface area contributed by atoms with Gasteiger partial charge >= 0.3 is 6.09 Å². The molecule has 1 amide bonds. The van der Waals surface area contributed by atoms with Gasteiger partial charge in [0.15, 0.2) is 5.13 Å². The molecular weight excluding hydrogens is 414 g/mol. The van der Waals surface area contributed by atoms with Crippen molar-refractivity contribution in [3.8, 4) is 10.4 Å². The summed E-state index contributed by atoms with van der Waals surface area (Å²) in [5, 5.41) is 9.81. The summed E-state index contributed by atoms with van der Waals surface area (Å²) in [7, 11) is -3.79. The number of nitrogens with zero attached hydrogens (tertiary/aromatic N) is 3. The maximum atomic E-state index is 12.9. The van der Waals surface area contributed by atoms with Crippen LogP contribution in [0.2, 0.25) is 0 Å². The molecule has 158 valence electrons. The van der Waals surface area contributed by atoms with Crippen molar-refractivity contribution in [2.75, 3.05) is 36.8 Å². The van der Waals surface area contributed by atoms with Crippen LogP contribution in [0, 0.1) is 0 Å². The minimum Gasteiger partial charge on any atom is -0.465 e. The third-order valence-electron chi connectivity index (χ3n) is 4.32. The average molecular weight is 440 g/mol. The number of carbonyl (C=O) groups is 1. The van der Waals surface area contributed by atoms with Crippen LogP contribution in [0.3, 0.4) is 0 Å². The van der Waals surface area contributed by atoms with E-state index in [0.717, 1.165) is 5.13 Å². The molecule has 0 bridgehead atoms. The molecule has 1 saturated heterocycles. The summed E-state index contributed by atoms with van der Waals surface area (Å²) in [6.07, 6.45) is 0.720. The van der Waals surface area contributed by atoms with Crippen LogP contribution in [0.15, 0.2) is 29.3 Å². The molecule has 1 aromatic carbocycles. The van der Waals surface area contributed by atoms with Crippen LogP contribution in [-0.4, -0.2) is 61.2 Å². The number of sulfonamides is 1. The van der Waals surface area contributed by atoms with Gasteiger partial charge in [0, 0.05) is 49.2 Å².